The first kappa shape index (κ1) is 13.6. The molecule has 3 nitrogen and oxygen atoms in total. The third-order valence-electron chi connectivity index (χ3n) is 2.84. The molecule has 4 heteroatoms. The fourth-order valence-electron chi connectivity index (χ4n) is 1.75. The third-order valence-corrected chi connectivity index (χ3v) is 3.34. The fraction of sp³-hybridized carbons (Fsp3) is 0.133. The van der Waals surface area contributed by atoms with E-state index in [-0.39, 0.29) is 0 Å². The van der Waals surface area contributed by atoms with Gasteiger partial charge in [0.05, 0.1) is 11.3 Å². The number of halogens is 1. The van der Waals surface area contributed by atoms with Gasteiger partial charge in [-0.1, -0.05) is 40.2 Å². The molecule has 0 aliphatic heterocycles. The van der Waals surface area contributed by atoms with Gasteiger partial charge in [-0.05, 0) is 29.3 Å². The standard InChI is InChI=1S/C15H14BrN3/c16-14-5-6-15(13(7-14)9-18)19-10-12-3-1-11(8-17)2-4-12/h1-7,19H,8,10,17H2. The minimum Gasteiger partial charge on any atom is -0.380 e. The van der Waals surface area contributed by atoms with Crippen molar-refractivity contribution in [3.8, 4) is 6.07 Å². The van der Waals surface area contributed by atoms with Gasteiger partial charge in [-0.2, -0.15) is 5.26 Å². The van der Waals surface area contributed by atoms with Crippen LogP contribution < -0.4 is 11.1 Å². The molecule has 2 rings (SSSR count). The fourth-order valence-corrected chi connectivity index (χ4v) is 2.11. The summed E-state index contributed by atoms with van der Waals surface area (Å²) >= 11 is 3.36. The van der Waals surface area contributed by atoms with Crippen LogP contribution in [0.15, 0.2) is 46.9 Å². The van der Waals surface area contributed by atoms with Gasteiger partial charge in [0.15, 0.2) is 0 Å². The van der Waals surface area contributed by atoms with E-state index in [2.05, 4.69) is 27.3 Å². The molecule has 0 heterocycles. The number of nitrogens with zero attached hydrogens (tertiary/aromatic N) is 1. The van der Waals surface area contributed by atoms with Gasteiger partial charge in [0.2, 0.25) is 0 Å². The number of nitrogens with one attached hydrogen (secondary N) is 1. The van der Waals surface area contributed by atoms with Crippen molar-refractivity contribution in [3.63, 3.8) is 0 Å². The minimum absolute atomic E-state index is 0.555. The first-order valence-corrected chi connectivity index (χ1v) is 6.73. The Morgan fingerprint density at radius 3 is 2.42 bits per heavy atom. The first-order chi connectivity index (χ1) is 9.22. The van der Waals surface area contributed by atoms with Gasteiger partial charge >= 0.3 is 0 Å². The number of hydrogen-bond acceptors (Lipinski definition) is 3. The third kappa shape index (κ3) is 3.57. The van der Waals surface area contributed by atoms with E-state index in [0.717, 1.165) is 21.3 Å². The van der Waals surface area contributed by atoms with Crippen molar-refractivity contribution in [3.05, 3.63) is 63.6 Å². The molecule has 0 saturated heterocycles. The van der Waals surface area contributed by atoms with Crippen molar-refractivity contribution in [1.29, 1.82) is 5.26 Å². The summed E-state index contributed by atoms with van der Waals surface area (Å²) in [4.78, 5) is 0. The number of hydrogen-bond donors (Lipinski definition) is 2. The lowest BCUT2D eigenvalue weighted by molar-refractivity contribution is 1.06. The lowest BCUT2D eigenvalue weighted by Crippen LogP contribution is -2.02. The number of rotatable bonds is 4. The van der Waals surface area contributed by atoms with E-state index in [0.29, 0.717) is 18.7 Å². The Morgan fingerprint density at radius 2 is 1.79 bits per heavy atom. The molecule has 2 aromatic rings. The largest absolute Gasteiger partial charge is 0.380 e. The molecule has 2 aromatic carbocycles. The summed E-state index contributed by atoms with van der Waals surface area (Å²) in [5.74, 6) is 0. The lowest BCUT2D eigenvalue weighted by atomic mass is 10.1. The van der Waals surface area contributed by atoms with E-state index >= 15 is 0 Å². The number of anilines is 1. The van der Waals surface area contributed by atoms with Crippen LogP contribution in [0.2, 0.25) is 0 Å². The van der Waals surface area contributed by atoms with Gasteiger partial charge < -0.3 is 11.1 Å². The van der Waals surface area contributed by atoms with Crippen LogP contribution in [-0.4, -0.2) is 0 Å². The molecule has 19 heavy (non-hydrogen) atoms. The number of nitriles is 1. The van der Waals surface area contributed by atoms with Crippen molar-refractivity contribution in [2.45, 2.75) is 13.1 Å². The molecule has 0 radical (unpaired) electrons. The Kier molecular flexibility index (Phi) is 4.56. The molecular formula is C15H14BrN3. The van der Waals surface area contributed by atoms with Crippen molar-refractivity contribution >= 4 is 21.6 Å². The number of nitrogens with two attached hydrogens (primary N) is 1. The normalized spacial score (nSPS) is 9.95. The second kappa shape index (κ2) is 6.37. The van der Waals surface area contributed by atoms with Gasteiger partial charge in [0, 0.05) is 17.6 Å². The van der Waals surface area contributed by atoms with Crippen LogP contribution >= 0.6 is 15.9 Å². The summed E-state index contributed by atoms with van der Waals surface area (Å²) in [6.07, 6.45) is 0. The molecule has 0 atom stereocenters. The zero-order valence-corrected chi connectivity index (χ0v) is 11.9. The van der Waals surface area contributed by atoms with E-state index in [9.17, 15) is 0 Å². The van der Waals surface area contributed by atoms with E-state index in [1.165, 1.54) is 0 Å². The van der Waals surface area contributed by atoms with Crippen molar-refractivity contribution in [2.75, 3.05) is 5.32 Å². The predicted molar refractivity (Wildman–Crippen MR) is 80.5 cm³/mol. The highest BCUT2D eigenvalue weighted by Gasteiger charge is 2.02. The van der Waals surface area contributed by atoms with Crippen LogP contribution in [0.25, 0.3) is 0 Å². The van der Waals surface area contributed by atoms with E-state index in [1.807, 2.05) is 36.4 Å². The second-order valence-corrected chi connectivity index (χ2v) is 5.09. The molecule has 0 saturated carbocycles. The molecule has 0 aliphatic rings. The summed E-state index contributed by atoms with van der Waals surface area (Å²) in [7, 11) is 0. The molecule has 0 aromatic heterocycles. The highest BCUT2D eigenvalue weighted by molar-refractivity contribution is 9.10. The quantitative estimate of drug-likeness (QED) is 0.909. The van der Waals surface area contributed by atoms with Gasteiger partial charge in [0.25, 0.3) is 0 Å². The van der Waals surface area contributed by atoms with Gasteiger partial charge in [-0.25, -0.2) is 0 Å². The Labute approximate surface area is 121 Å². The van der Waals surface area contributed by atoms with Crippen LogP contribution in [0.4, 0.5) is 5.69 Å². The average molecular weight is 316 g/mol. The molecule has 0 fully saturated rings. The smallest absolute Gasteiger partial charge is 0.101 e. The van der Waals surface area contributed by atoms with Gasteiger partial charge in [0.1, 0.15) is 6.07 Å². The highest BCUT2D eigenvalue weighted by Crippen LogP contribution is 2.20. The molecule has 0 unspecified atom stereocenters. The summed E-state index contributed by atoms with van der Waals surface area (Å²) in [5, 5.41) is 12.4. The zero-order chi connectivity index (χ0) is 13.7. The average Bonchev–Trinajstić information content (AvgIpc) is 2.46. The molecule has 0 amide bonds. The molecular weight excluding hydrogens is 302 g/mol. The predicted octanol–water partition coefficient (Wildman–Crippen LogP) is 3.39. The van der Waals surface area contributed by atoms with Crippen LogP contribution in [0.3, 0.4) is 0 Å². The maximum atomic E-state index is 9.08. The maximum absolute atomic E-state index is 9.08. The van der Waals surface area contributed by atoms with Crippen LogP contribution in [0.5, 0.6) is 0 Å². The lowest BCUT2D eigenvalue weighted by Gasteiger charge is -2.09. The summed E-state index contributed by atoms with van der Waals surface area (Å²) in [5.41, 5.74) is 9.31. The monoisotopic (exact) mass is 315 g/mol. The molecule has 96 valence electrons. The summed E-state index contributed by atoms with van der Waals surface area (Å²) in [6, 6.07) is 15.9. The zero-order valence-electron chi connectivity index (χ0n) is 10.4. The Hall–Kier alpha value is -1.83. The topological polar surface area (TPSA) is 61.8 Å². The van der Waals surface area contributed by atoms with Crippen LogP contribution in [0, 0.1) is 11.3 Å². The molecule has 3 N–H and O–H groups in total. The highest BCUT2D eigenvalue weighted by atomic mass is 79.9. The van der Waals surface area contributed by atoms with Crippen molar-refractivity contribution in [1.82, 2.24) is 0 Å². The van der Waals surface area contributed by atoms with E-state index in [4.69, 9.17) is 11.0 Å². The summed E-state index contributed by atoms with van der Waals surface area (Å²) in [6.45, 7) is 1.24. The van der Waals surface area contributed by atoms with Gasteiger partial charge in [-0.3, -0.25) is 0 Å². The molecule has 0 spiro atoms. The van der Waals surface area contributed by atoms with Crippen LogP contribution in [0.1, 0.15) is 16.7 Å². The van der Waals surface area contributed by atoms with Crippen molar-refractivity contribution in [2.24, 2.45) is 5.73 Å². The molecule has 0 bridgehead atoms. The van der Waals surface area contributed by atoms with Crippen molar-refractivity contribution < 1.29 is 0 Å². The Bertz CT molecular complexity index is 600. The second-order valence-electron chi connectivity index (χ2n) is 4.18. The maximum Gasteiger partial charge on any atom is 0.101 e. The SMILES string of the molecule is N#Cc1cc(Br)ccc1NCc1ccc(CN)cc1. The summed E-state index contributed by atoms with van der Waals surface area (Å²) < 4.78 is 0.905. The molecule has 0 aliphatic carbocycles. The van der Waals surface area contributed by atoms with Gasteiger partial charge in [-0.15, -0.1) is 0 Å². The first-order valence-electron chi connectivity index (χ1n) is 5.94. The Morgan fingerprint density at radius 1 is 1.11 bits per heavy atom. The van der Waals surface area contributed by atoms with E-state index in [1.54, 1.807) is 6.07 Å². The van der Waals surface area contributed by atoms with Crippen LogP contribution in [-0.2, 0) is 13.1 Å². The van der Waals surface area contributed by atoms with E-state index < -0.39 is 0 Å². The number of benzene rings is 2. The Balaban J connectivity index is 2.08. The minimum atomic E-state index is 0.555.